The molecular weight excluding hydrogens is 288 g/mol. The number of Topliss-reactive ketones (excluding diaryl/α,β-unsaturated/α-hetero) is 1. The number of nitrogens with zero attached hydrogens (tertiary/aromatic N) is 2. The molecule has 0 aliphatic heterocycles. The fraction of sp³-hybridized carbons (Fsp3) is 0.125. The lowest BCUT2D eigenvalue weighted by Crippen LogP contribution is -1.96. The summed E-state index contributed by atoms with van der Waals surface area (Å²) in [4.78, 5) is 15.6. The predicted octanol–water partition coefficient (Wildman–Crippen LogP) is 3.77. The van der Waals surface area contributed by atoms with Gasteiger partial charge in [-0.1, -0.05) is 11.6 Å². The van der Waals surface area contributed by atoms with E-state index in [1.807, 2.05) is 16.7 Å². The summed E-state index contributed by atoms with van der Waals surface area (Å²) in [5, 5.41) is 0.659. The first-order valence-corrected chi connectivity index (χ1v) is 6.86. The van der Waals surface area contributed by atoms with Crippen LogP contribution in [0, 0.1) is 0 Å². The van der Waals surface area contributed by atoms with Gasteiger partial charge in [-0.2, -0.15) is 0 Å². The van der Waals surface area contributed by atoms with Gasteiger partial charge in [0.25, 0.3) is 0 Å². The smallest absolute Gasteiger partial charge is 0.159 e. The first-order valence-electron chi connectivity index (χ1n) is 6.49. The first-order chi connectivity index (χ1) is 10.1. The minimum Gasteiger partial charge on any atom is -0.487 e. The lowest BCUT2D eigenvalue weighted by molar-refractivity contribution is 0.101. The van der Waals surface area contributed by atoms with Crippen LogP contribution in [-0.2, 0) is 6.61 Å². The zero-order valence-corrected chi connectivity index (χ0v) is 12.2. The molecule has 0 atom stereocenters. The summed E-state index contributed by atoms with van der Waals surface area (Å²) in [5.41, 5.74) is 2.31. The Morgan fingerprint density at radius 2 is 1.95 bits per heavy atom. The molecule has 2 aromatic heterocycles. The Morgan fingerprint density at radius 3 is 2.67 bits per heavy atom. The second kappa shape index (κ2) is 5.58. The summed E-state index contributed by atoms with van der Waals surface area (Å²) >= 11 is 5.93. The maximum atomic E-state index is 11.2. The van der Waals surface area contributed by atoms with Crippen LogP contribution < -0.4 is 4.74 Å². The Bertz CT molecular complexity index is 794. The number of pyridine rings is 1. The number of ether oxygens (including phenoxy) is 1. The highest BCUT2D eigenvalue weighted by atomic mass is 35.5. The average Bonchev–Trinajstić information content (AvgIpc) is 2.87. The molecule has 0 spiro atoms. The van der Waals surface area contributed by atoms with Crippen molar-refractivity contribution in [1.29, 1.82) is 0 Å². The van der Waals surface area contributed by atoms with Crippen LogP contribution in [-0.4, -0.2) is 15.2 Å². The Hall–Kier alpha value is -2.33. The van der Waals surface area contributed by atoms with Crippen LogP contribution in [0.3, 0.4) is 0 Å². The first kappa shape index (κ1) is 13.6. The molecule has 0 radical (unpaired) electrons. The van der Waals surface area contributed by atoms with Crippen LogP contribution in [0.25, 0.3) is 5.65 Å². The van der Waals surface area contributed by atoms with Crippen LogP contribution in [0.1, 0.15) is 23.0 Å². The lowest BCUT2D eigenvalue weighted by atomic mass is 10.1. The number of carbonyl (C=O) groups is 1. The highest BCUT2D eigenvalue weighted by molar-refractivity contribution is 6.30. The zero-order valence-electron chi connectivity index (χ0n) is 11.4. The van der Waals surface area contributed by atoms with Crippen molar-refractivity contribution in [2.45, 2.75) is 13.5 Å². The summed E-state index contributed by atoms with van der Waals surface area (Å²) in [6.07, 6.45) is 3.68. The molecular formula is C16H13ClN2O2. The van der Waals surface area contributed by atoms with Crippen LogP contribution in [0.5, 0.6) is 5.75 Å². The van der Waals surface area contributed by atoms with Crippen molar-refractivity contribution in [1.82, 2.24) is 9.38 Å². The number of hydrogen-bond acceptors (Lipinski definition) is 3. The van der Waals surface area contributed by atoms with Crippen LogP contribution in [0.15, 0.2) is 48.8 Å². The lowest BCUT2D eigenvalue weighted by Gasteiger charge is -2.04. The monoisotopic (exact) mass is 300 g/mol. The maximum Gasteiger partial charge on any atom is 0.159 e. The van der Waals surface area contributed by atoms with Gasteiger partial charge in [0, 0.05) is 18.0 Å². The third-order valence-electron chi connectivity index (χ3n) is 3.11. The molecule has 0 amide bonds. The van der Waals surface area contributed by atoms with Gasteiger partial charge in [0.15, 0.2) is 5.78 Å². The van der Waals surface area contributed by atoms with Gasteiger partial charge in [0.1, 0.15) is 18.0 Å². The van der Waals surface area contributed by atoms with E-state index in [2.05, 4.69) is 4.98 Å². The van der Waals surface area contributed by atoms with Crippen molar-refractivity contribution in [3.8, 4) is 5.75 Å². The molecule has 3 rings (SSSR count). The maximum absolute atomic E-state index is 11.2. The quantitative estimate of drug-likeness (QED) is 0.689. The second-order valence-corrected chi connectivity index (χ2v) is 5.15. The molecule has 3 aromatic rings. The number of hydrogen-bond donors (Lipinski definition) is 0. The van der Waals surface area contributed by atoms with Gasteiger partial charge in [-0.25, -0.2) is 4.98 Å². The van der Waals surface area contributed by atoms with Crippen molar-refractivity contribution in [3.63, 3.8) is 0 Å². The van der Waals surface area contributed by atoms with Crippen molar-refractivity contribution >= 4 is 23.0 Å². The van der Waals surface area contributed by atoms with E-state index in [4.69, 9.17) is 16.3 Å². The van der Waals surface area contributed by atoms with Crippen molar-refractivity contribution in [2.75, 3.05) is 0 Å². The second-order valence-electron chi connectivity index (χ2n) is 4.71. The number of carbonyl (C=O) groups excluding carboxylic acids is 1. The molecule has 0 unspecified atom stereocenters. The van der Waals surface area contributed by atoms with Crippen molar-refractivity contribution in [2.24, 2.45) is 0 Å². The van der Waals surface area contributed by atoms with E-state index >= 15 is 0 Å². The number of fused-ring (bicyclic) bond motifs is 1. The van der Waals surface area contributed by atoms with Gasteiger partial charge in [-0.05, 0) is 43.3 Å². The van der Waals surface area contributed by atoms with Gasteiger partial charge in [0.2, 0.25) is 0 Å². The van der Waals surface area contributed by atoms with E-state index in [1.165, 1.54) is 6.92 Å². The van der Waals surface area contributed by atoms with Crippen molar-refractivity contribution < 1.29 is 9.53 Å². The number of rotatable bonds is 4. The minimum atomic E-state index is 0.0405. The zero-order chi connectivity index (χ0) is 14.8. The van der Waals surface area contributed by atoms with E-state index in [0.717, 1.165) is 11.3 Å². The number of aromatic nitrogens is 2. The molecule has 0 saturated carbocycles. The fourth-order valence-electron chi connectivity index (χ4n) is 2.03. The van der Waals surface area contributed by atoms with E-state index < -0.39 is 0 Å². The van der Waals surface area contributed by atoms with Crippen LogP contribution in [0.2, 0.25) is 5.02 Å². The predicted molar refractivity (Wildman–Crippen MR) is 81.0 cm³/mol. The molecule has 0 aliphatic rings. The summed E-state index contributed by atoms with van der Waals surface area (Å²) in [7, 11) is 0. The number of benzene rings is 1. The van der Waals surface area contributed by atoms with Gasteiger partial charge in [-0.3, -0.25) is 4.79 Å². The Kier molecular flexibility index (Phi) is 3.62. The van der Waals surface area contributed by atoms with Crippen LogP contribution in [0.4, 0.5) is 0 Å². The van der Waals surface area contributed by atoms with Gasteiger partial charge in [-0.15, -0.1) is 0 Å². The standard InChI is InChI=1S/C16H13ClN2O2/c1-11(20)12-2-5-15(6-3-12)21-10-14-9-19-8-13(17)4-7-16(19)18-14/h2-9H,10H2,1H3. The van der Waals surface area contributed by atoms with E-state index in [-0.39, 0.29) is 5.78 Å². The van der Waals surface area contributed by atoms with Crippen LogP contribution >= 0.6 is 11.6 Å². The molecule has 0 aliphatic carbocycles. The minimum absolute atomic E-state index is 0.0405. The summed E-state index contributed by atoms with van der Waals surface area (Å²) in [6, 6.07) is 10.7. The van der Waals surface area contributed by atoms with Gasteiger partial charge >= 0.3 is 0 Å². The van der Waals surface area contributed by atoms with Gasteiger partial charge in [0.05, 0.1) is 10.7 Å². The Morgan fingerprint density at radius 1 is 1.19 bits per heavy atom. The third kappa shape index (κ3) is 3.06. The molecule has 106 valence electrons. The number of halogens is 1. The van der Waals surface area contributed by atoms with E-state index in [1.54, 1.807) is 36.5 Å². The summed E-state index contributed by atoms with van der Waals surface area (Å²) in [5.74, 6) is 0.744. The molecule has 0 N–H and O–H groups in total. The summed E-state index contributed by atoms with van der Waals surface area (Å²) in [6.45, 7) is 1.90. The highest BCUT2D eigenvalue weighted by Crippen LogP contribution is 2.16. The SMILES string of the molecule is CC(=O)c1ccc(OCc2cn3cc(Cl)ccc3n2)cc1. The third-order valence-corrected chi connectivity index (χ3v) is 3.34. The highest BCUT2D eigenvalue weighted by Gasteiger charge is 2.04. The molecule has 0 fully saturated rings. The Balaban J connectivity index is 1.72. The normalized spacial score (nSPS) is 10.8. The topological polar surface area (TPSA) is 43.6 Å². The molecule has 21 heavy (non-hydrogen) atoms. The molecule has 4 nitrogen and oxygen atoms in total. The fourth-order valence-corrected chi connectivity index (χ4v) is 2.20. The average molecular weight is 301 g/mol. The molecule has 5 heteroatoms. The molecule has 0 bridgehead atoms. The number of ketones is 1. The van der Waals surface area contributed by atoms with E-state index in [9.17, 15) is 4.79 Å². The largest absolute Gasteiger partial charge is 0.487 e. The Labute approximate surface area is 126 Å². The molecule has 2 heterocycles. The molecule has 0 saturated heterocycles. The summed E-state index contributed by atoms with van der Waals surface area (Å²) < 4.78 is 7.53. The number of imidazole rings is 1. The molecule has 1 aromatic carbocycles. The van der Waals surface area contributed by atoms with E-state index in [0.29, 0.717) is 22.9 Å². The van der Waals surface area contributed by atoms with Crippen molar-refractivity contribution in [3.05, 3.63) is 65.1 Å². The van der Waals surface area contributed by atoms with Gasteiger partial charge < -0.3 is 9.14 Å².